The van der Waals surface area contributed by atoms with Crippen LogP contribution in [0.4, 0.5) is 0 Å². The van der Waals surface area contributed by atoms with E-state index in [0.29, 0.717) is 6.10 Å². The van der Waals surface area contributed by atoms with Gasteiger partial charge in [-0.05, 0) is 26.7 Å². The van der Waals surface area contributed by atoms with E-state index in [1.807, 2.05) is 0 Å². The van der Waals surface area contributed by atoms with Crippen LogP contribution in [-0.4, -0.2) is 51.5 Å². The molecule has 0 aromatic heterocycles. The number of hydrogen-bond acceptors (Lipinski definition) is 3. The average Bonchev–Trinajstić information content (AvgIpc) is 2.82. The van der Waals surface area contributed by atoms with E-state index in [2.05, 4.69) is 29.5 Å². The molecular weight excluding hydrogens is 345 g/mol. The molecule has 0 aliphatic carbocycles. The first-order valence-corrected chi connectivity index (χ1v) is 6.58. The Bertz CT molecular complexity index is 213. The van der Waals surface area contributed by atoms with E-state index in [1.165, 1.54) is 0 Å². The molecule has 1 rings (SSSR count). The first-order valence-electron chi connectivity index (χ1n) is 6.58. The van der Waals surface area contributed by atoms with Crippen LogP contribution in [0.5, 0.6) is 0 Å². The van der Waals surface area contributed by atoms with Crippen LogP contribution in [0.1, 0.15) is 26.7 Å². The molecule has 1 saturated heterocycles. The third kappa shape index (κ3) is 8.10. The summed E-state index contributed by atoms with van der Waals surface area (Å²) in [6.45, 7) is 9.07. The van der Waals surface area contributed by atoms with E-state index in [1.54, 1.807) is 0 Å². The number of nitrogens with zero attached hydrogens (tertiary/aromatic N) is 1. The zero-order valence-corrected chi connectivity index (χ0v) is 13.7. The molecule has 0 spiro atoms. The van der Waals surface area contributed by atoms with Crippen LogP contribution in [0.15, 0.2) is 4.99 Å². The monoisotopic (exact) mass is 371 g/mol. The van der Waals surface area contributed by atoms with E-state index >= 15 is 0 Å². The Morgan fingerprint density at radius 1 is 1.33 bits per heavy atom. The molecule has 0 radical (unpaired) electrons. The number of halogens is 1. The molecule has 0 aromatic carbocycles. The number of rotatable bonds is 7. The second kappa shape index (κ2) is 12.0. The van der Waals surface area contributed by atoms with E-state index in [0.717, 1.165) is 58.3 Å². The molecule has 5 nitrogen and oxygen atoms in total. The van der Waals surface area contributed by atoms with Gasteiger partial charge in [0, 0.05) is 32.8 Å². The molecule has 0 aromatic rings. The Morgan fingerprint density at radius 2 is 2.06 bits per heavy atom. The lowest BCUT2D eigenvalue weighted by atomic mass is 10.3. The molecule has 18 heavy (non-hydrogen) atoms. The highest BCUT2D eigenvalue weighted by Gasteiger charge is 2.15. The number of nitrogens with one attached hydrogen (secondary N) is 2. The topological polar surface area (TPSA) is 54.9 Å². The van der Waals surface area contributed by atoms with Crippen LogP contribution in [0.2, 0.25) is 0 Å². The lowest BCUT2D eigenvalue weighted by Gasteiger charge is -2.10. The van der Waals surface area contributed by atoms with Gasteiger partial charge in [0.25, 0.3) is 0 Å². The maximum atomic E-state index is 5.67. The Labute approximate surface area is 127 Å². The van der Waals surface area contributed by atoms with E-state index in [-0.39, 0.29) is 24.0 Å². The maximum absolute atomic E-state index is 5.67. The van der Waals surface area contributed by atoms with Crippen molar-refractivity contribution in [3.8, 4) is 0 Å². The van der Waals surface area contributed by atoms with Crippen molar-refractivity contribution in [2.24, 2.45) is 4.99 Å². The summed E-state index contributed by atoms with van der Waals surface area (Å²) in [5, 5.41) is 6.39. The van der Waals surface area contributed by atoms with Gasteiger partial charge < -0.3 is 20.1 Å². The summed E-state index contributed by atoms with van der Waals surface area (Å²) in [6, 6.07) is 0. The van der Waals surface area contributed by atoms with Gasteiger partial charge in [-0.3, -0.25) is 4.99 Å². The number of hydrogen-bond donors (Lipinski definition) is 2. The van der Waals surface area contributed by atoms with Crippen molar-refractivity contribution in [1.82, 2.24) is 10.6 Å². The molecule has 108 valence electrons. The van der Waals surface area contributed by atoms with Crippen molar-refractivity contribution in [2.75, 3.05) is 39.5 Å². The highest BCUT2D eigenvalue weighted by atomic mass is 127. The number of ether oxygens (including phenoxy) is 2. The lowest BCUT2D eigenvalue weighted by Crippen LogP contribution is -2.37. The largest absolute Gasteiger partial charge is 0.379 e. The SMILES string of the molecule is CCNC(=NCCCOC1CCOC1)NCC.I. The van der Waals surface area contributed by atoms with Crippen molar-refractivity contribution in [1.29, 1.82) is 0 Å². The van der Waals surface area contributed by atoms with Gasteiger partial charge in [-0.25, -0.2) is 0 Å². The fraction of sp³-hybridized carbons (Fsp3) is 0.917. The van der Waals surface area contributed by atoms with Crippen LogP contribution < -0.4 is 10.6 Å². The van der Waals surface area contributed by atoms with Crippen molar-refractivity contribution < 1.29 is 9.47 Å². The van der Waals surface area contributed by atoms with Gasteiger partial charge in [-0.15, -0.1) is 24.0 Å². The molecule has 1 aliphatic heterocycles. The van der Waals surface area contributed by atoms with Crippen molar-refractivity contribution in [2.45, 2.75) is 32.8 Å². The quantitative estimate of drug-likeness (QED) is 0.307. The fourth-order valence-electron chi connectivity index (χ4n) is 1.66. The first kappa shape index (κ1) is 17.9. The van der Waals surface area contributed by atoms with Gasteiger partial charge in [0.1, 0.15) is 0 Å². The van der Waals surface area contributed by atoms with Gasteiger partial charge in [0.05, 0.1) is 12.7 Å². The molecule has 1 atom stereocenters. The Kier molecular flexibility index (Phi) is 11.9. The fourth-order valence-corrected chi connectivity index (χ4v) is 1.66. The van der Waals surface area contributed by atoms with Crippen LogP contribution in [0.25, 0.3) is 0 Å². The minimum atomic E-state index is 0. The summed E-state index contributed by atoms with van der Waals surface area (Å²) in [5.74, 6) is 0.888. The van der Waals surface area contributed by atoms with Gasteiger partial charge >= 0.3 is 0 Å². The Balaban J connectivity index is 0.00000289. The molecule has 0 amide bonds. The van der Waals surface area contributed by atoms with Gasteiger partial charge in [0.15, 0.2) is 5.96 Å². The third-order valence-electron chi connectivity index (χ3n) is 2.50. The molecule has 2 N–H and O–H groups in total. The third-order valence-corrected chi connectivity index (χ3v) is 2.50. The van der Waals surface area contributed by atoms with Crippen LogP contribution in [-0.2, 0) is 9.47 Å². The second-order valence-electron chi connectivity index (χ2n) is 4.00. The summed E-state index contributed by atoms with van der Waals surface area (Å²) in [6.07, 6.45) is 2.29. The molecule has 1 aliphatic rings. The number of guanidine groups is 1. The zero-order chi connectivity index (χ0) is 12.3. The summed E-state index contributed by atoms with van der Waals surface area (Å²) in [5.41, 5.74) is 0. The van der Waals surface area contributed by atoms with Crippen molar-refractivity contribution in [3.63, 3.8) is 0 Å². The van der Waals surface area contributed by atoms with Gasteiger partial charge in [-0.1, -0.05) is 0 Å². The summed E-state index contributed by atoms with van der Waals surface area (Å²) in [4.78, 5) is 4.45. The molecule has 1 heterocycles. The van der Waals surface area contributed by atoms with E-state index in [9.17, 15) is 0 Å². The predicted molar refractivity (Wildman–Crippen MR) is 84.9 cm³/mol. The Morgan fingerprint density at radius 3 is 2.61 bits per heavy atom. The van der Waals surface area contributed by atoms with Crippen molar-refractivity contribution in [3.05, 3.63) is 0 Å². The molecule has 6 heteroatoms. The van der Waals surface area contributed by atoms with Crippen LogP contribution in [0.3, 0.4) is 0 Å². The van der Waals surface area contributed by atoms with E-state index < -0.39 is 0 Å². The lowest BCUT2D eigenvalue weighted by molar-refractivity contribution is 0.0424. The van der Waals surface area contributed by atoms with Crippen LogP contribution >= 0.6 is 24.0 Å². The average molecular weight is 371 g/mol. The smallest absolute Gasteiger partial charge is 0.191 e. The highest BCUT2D eigenvalue weighted by Crippen LogP contribution is 2.07. The zero-order valence-electron chi connectivity index (χ0n) is 11.4. The number of aliphatic imine (C=N–C) groups is 1. The molecular formula is C12H26IN3O2. The minimum Gasteiger partial charge on any atom is -0.379 e. The van der Waals surface area contributed by atoms with Crippen LogP contribution in [0, 0.1) is 0 Å². The van der Waals surface area contributed by atoms with Gasteiger partial charge in [-0.2, -0.15) is 0 Å². The standard InChI is InChI=1S/C12H25N3O2.HI/c1-3-13-12(14-4-2)15-7-5-8-17-11-6-9-16-10-11;/h11H,3-10H2,1-2H3,(H2,13,14,15);1H. The normalized spacial score (nSPS) is 18.0. The predicted octanol–water partition coefficient (Wildman–Crippen LogP) is 1.37. The van der Waals surface area contributed by atoms with E-state index in [4.69, 9.17) is 9.47 Å². The van der Waals surface area contributed by atoms with Crippen molar-refractivity contribution >= 4 is 29.9 Å². The summed E-state index contributed by atoms with van der Waals surface area (Å²) in [7, 11) is 0. The molecule has 1 unspecified atom stereocenters. The molecule has 1 fully saturated rings. The Hall–Kier alpha value is -0.0800. The highest BCUT2D eigenvalue weighted by molar-refractivity contribution is 14.0. The summed E-state index contributed by atoms with van der Waals surface area (Å²) < 4.78 is 10.9. The minimum absolute atomic E-state index is 0. The maximum Gasteiger partial charge on any atom is 0.191 e. The second-order valence-corrected chi connectivity index (χ2v) is 4.00. The molecule has 0 saturated carbocycles. The summed E-state index contributed by atoms with van der Waals surface area (Å²) >= 11 is 0. The molecule has 0 bridgehead atoms. The first-order chi connectivity index (χ1) is 8.36. The van der Waals surface area contributed by atoms with Gasteiger partial charge in [0.2, 0.25) is 0 Å².